The maximum absolute atomic E-state index is 6.27. The van der Waals surface area contributed by atoms with Crippen molar-refractivity contribution in [1.82, 2.24) is 4.90 Å². The summed E-state index contributed by atoms with van der Waals surface area (Å²) >= 11 is 0. The standard InChI is InChI=1S/C16H26N2/c1-12-4-6-15(7-5-12)16(17)8-9-18-10-13(2)14(3)11-18/h4-7,13-14,16H,8-11,17H2,1-3H3. The van der Waals surface area contributed by atoms with E-state index >= 15 is 0 Å². The molecule has 2 heteroatoms. The second-order valence-corrected chi connectivity index (χ2v) is 6.02. The van der Waals surface area contributed by atoms with Crippen LogP contribution < -0.4 is 5.73 Å². The highest BCUT2D eigenvalue weighted by molar-refractivity contribution is 5.23. The van der Waals surface area contributed by atoms with Crippen molar-refractivity contribution in [2.45, 2.75) is 33.2 Å². The van der Waals surface area contributed by atoms with Gasteiger partial charge in [0.15, 0.2) is 0 Å². The third-order valence-corrected chi connectivity index (χ3v) is 4.33. The first-order valence-electron chi connectivity index (χ1n) is 7.10. The van der Waals surface area contributed by atoms with Crippen LogP contribution in [0.2, 0.25) is 0 Å². The van der Waals surface area contributed by atoms with Crippen LogP contribution in [-0.4, -0.2) is 24.5 Å². The Bertz CT molecular complexity index is 361. The Kier molecular flexibility index (Phi) is 4.41. The van der Waals surface area contributed by atoms with Gasteiger partial charge in [-0.1, -0.05) is 43.7 Å². The molecule has 2 N–H and O–H groups in total. The van der Waals surface area contributed by atoms with E-state index in [1.165, 1.54) is 24.2 Å². The predicted molar refractivity (Wildman–Crippen MR) is 77.5 cm³/mol. The van der Waals surface area contributed by atoms with Crippen molar-refractivity contribution < 1.29 is 0 Å². The molecule has 1 aliphatic heterocycles. The van der Waals surface area contributed by atoms with Crippen molar-refractivity contribution >= 4 is 0 Å². The van der Waals surface area contributed by atoms with Crippen molar-refractivity contribution in [3.8, 4) is 0 Å². The van der Waals surface area contributed by atoms with Crippen LogP contribution in [0.5, 0.6) is 0 Å². The third-order valence-electron chi connectivity index (χ3n) is 4.33. The predicted octanol–water partition coefficient (Wildman–Crippen LogP) is 2.97. The van der Waals surface area contributed by atoms with Gasteiger partial charge in [-0.15, -0.1) is 0 Å². The summed E-state index contributed by atoms with van der Waals surface area (Å²) in [4.78, 5) is 2.56. The molecule has 0 amide bonds. The van der Waals surface area contributed by atoms with Gasteiger partial charge in [-0.25, -0.2) is 0 Å². The minimum Gasteiger partial charge on any atom is -0.324 e. The Morgan fingerprint density at radius 3 is 2.28 bits per heavy atom. The fraction of sp³-hybridized carbons (Fsp3) is 0.625. The molecular weight excluding hydrogens is 220 g/mol. The second-order valence-electron chi connectivity index (χ2n) is 6.02. The lowest BCUT2D eigenvalue weighted by Gasteiger charge is -2.19. The molecule has 3 atom stereocenters. The lowest BCUT2D eigenvalue weighted by molar-refractivity contribution is 0.309. The molecule has 0 aliphatic carbocycles. The molecule has 1 aromatic carbocycles. The van der Waals surface area contributed by atoms with Gasteiger partial charge in [0.05, 0.1) is 0 Å². The number of hydrogen-bond acceptors (Lipinski definition) is 2. The van der Waals surface area contributed by atoms with Crippen LogP contribution in [0.1, 0.15) is 37.4 Å². The normalized spacial score (nSPS) is 26.4. The fourth-order valence-electron chi connectivity index (χ4n) is 2.73. The lowest BCUT2D eigenvalue weighted by atomic mass is 10.0. The first-order valence-corrected chi connectivity index (χ1v) is 7.10. The van der Waals surface area contributed by atoms with Crippen molar-refractivity contribution in [2.24, 2.45) is 17.6 Å². The van der Waals surface area contributed by atoms with E-state index in [4.69, 9.17) is 5.73 Å². The highest BCUT2D eigenvalue weighted by atomic mass is 15.1. The van der Waals surface area contributed by atoms with Crippen molar-refractivity contribution in [3.63, 3.8) is 0 Å². The van der Waals surface area contributed by atoms with E-state index in [2.05, 4.69) is 49.9 Å². The summed E-state index contributed by atoms with van der Waals surface area (Å²) in [6, 6.07) is 8.80. The average Bonchev–Trinajstić information content (AvgIpc) is 2.67. The summed E-state index contributed by atoms with van der Waals surface area (Å²) in [5.41, 5.74) is 8.83. The molecule has 1 aromatic rings. The van der Waals surface area contributed by atoms with Crippen LogP contribution in [0.4, 0.5) is 0 Å². The smallest absolute Gasteiger partial charge is 0.0307 e. The van der Waals surface area contributed by atoms with Crippen LogP contribution >= 0.6 is 0 Å². The van der Waals surface area contributed by atoms with Crippen molar-refractivity contribution in [2.75, 3.05) is 19.6 Å². The van der Waals surface area contributed by atoms with Gasteiger partial charge in [0.2, 0.25) is 0 Å². The van der Waals surface area contributed by atoms with Gasteiger partial charge in [0.25, 0.3) is 0 Å². The number of nitrogens with two attached hydrogens (primary N) is 1. The monoisotopic (exact) mass is 246 g/mol. The Balaban J connectivity index is 1.81. The number of aryl methyl sites for hydroxylation is 1. The summed E-state index contributed by atoms with van der Waals surface area (Å²) in [5, 5.41) is 0. The molecule has 1 saturated heterocycles. The maximum Gasteiger partial charge on any atom is 0.0307 e. The molecular formula is C16H26N2. The highest BCUT2D eigenvalue weighted by Gasteiger charge is 2.25. The van der Waals surface area contributed by atoms with E-state index in [1.807, 2.05) is 0 Å². The van der Waals surface area contributed by atoms with Gasteiger partial charge in [-0.05, 0) is 37.3 Å². The second kappa shape index (κ2) is 5.85. The molecule has 0 spiro atoms. The Labute approximate surface area is 111 Å². The summed E-state index contributed by atoms with van der Waals surface area (Å²) in [5.74, 6) is 1.67. The molecule has 2 nitrogen and oxygen atoms in total. The zero-order valence-corrected chi connectivity index (χ0v) is 11.9. The molecule has 3 unspecified atom stereocenters. The highest BCUT2D eigenvalue weighted by Crippen LogP contribution is 2.23. The Morgan fingerprint density at radius 2 is 1.72 bits per heavy atom. The molecule has 100 valence electrons. The first-order chi connectivity index (χ1) is 8.56. The van der Waals surface area contributed by atoms with E-state index in [9.17, 15) is 0 Å². The van der Waals surface area contributed by atoms with Gasteiger partial charge in [-0.3, -0.25) is 0 Å². The quantitative estimate of drug-likeness (QED) is 0.885. The van der Waals surface area contributed by atoms with Gasteiger partial charge in [0, 0.05) is 19.1 Å². The minimum atomic E-state index is 0.178. The average molecular weight is 246 g/mol. The molecule has 2 rings (SSSR count). The van der Waals surface area contributed by atoms with Crippen molar-refractivity contribution in [1.29, 1.82) is 0 Å². The molecule has 0 radical (unpaired) electrons. The number of likely N-dealkylation sites (tertiary alicyclic amines) is 1. The number of rotatable bonds is 4. The lowest BCUT2D eigenvalue weighted by Crippen LogP contribution is -2.25. The minimum absolute atomic E-state index is 0.178. The molecule has 1 aliphatic rings. The number of nitrogens with zero attached hydrogens (tertiary/aromatic N) is 1. The van der Waals surface area contributed by atoms with Crippen molar-refractivity contribution in [3.05, 3.63) is 35.4 Å². The van der Waals surface area contributed by atoms with Gasteiger partial charge in [0.1, 0.15) is 0 Å². The third kappa shape index (κ3) is 3.33. The van der Waals surface area contributed by atoms with E-state index in [-0.39, 0.29) is 6.04 Å². The molecule has 18 heavy (non-hydrogen) atoms. The number of hydrogen-bond donors (Lipinski definition) is 1. The summed E-state index contributed by atoms with van der Waals surface area (Å²) in [7, 11) is 0. The topological polar surface area (TPSA) is 29.3 Å². The van der Waals surface area contributed by atoms with Crippen LogP contribution in [0.25, 0.3) is 0 Å². The molecule has 0 saturated carbocycles. The Hall–Kier alpha value is -0.860. The summed E-state index contributed by atoms with van der Waals surface area (Å²) in [6.45, 7) is 10.4. The molecule has 0 bridgehead atoms. The van der Waals surface area contributed by atoms with E-state index in [0.29, 0.717) is 0 Å². The molecule has 1 fully saturated rings. The number of benzene rings is 1. The van der Waals surface area contributed by atoms with E-state index in [1.54, 1.807) is 0 Å². The van der Waals surface area contributed by atoms with E-state index in [0.717, 1.165) is 24.8 Å². The summed E-state index contributed by atoms with van der Waals surface area (Å²) in [6.07, 6.45) is 1.06. The molecule has 1 heterocycles. The van der Waals surface area contributed by atoms with Gasteiger partial charge in [-0.2, -0.15) is 0 Å². The first kappa shape index (κ1) is 13.6. The van der Waals surface area contributed by atoms with Crippen LogP contribution in [-0.2, 0) is 0 Å². The maximum atomic E-state index is 6.27. The zero-order chi connectivity index (χ0) is 13.1. The van der Waals surface area contributed by atoms with E-state index < -0.39 is 0 Å². The molecule has 0 aromatic heterocycles. The fourth-order valence-corrected chi connectivity index (χ4v) is 2.73. The summed E-state index contributed by atoms with van der Waals surface area (Å²) < 4.78 is 0. The largest absolute Gasteiger partial charge is 0.324 e. The zero-order valence-electron chi connectivity index (χ0n) is 11.9. The van der Waals surface area contributed by atoms with Crippen LogP contribution in [0.15, 0.2) is 24.3 Å². The van der Waals surface area contributed by atoms with Crippen LogP contribution in [0.3, 0.4) is 0 Å². The SMILES string of the molecule is Cc1ccc(C(N)CCN2CC(C)C(C)C2)cc1. The Morgan fingerprint density at radius 1 is 1.17 bits per heavy atom. The van der Waals surface area contributed by atoms with Gasteiger partial charge < -0.3 is 10.6 Å². The van der Waals surface area contributed by atoms with Gasteiger partial charge >= 0.3 is 0 Å². The van der Waals surface area contributed by atoms with Crippen LogP contribution in [0, 0.1) is 18.8 Å².